The molecular weight excluding hydrogens is 634 g/mol. The number of phenols is 1. The number of hydrogen-bond donors (Lipinski definition) is 1. The van der Waals surface area contributed by atoms with E-state index in [4.69, 9.17) is 9.47 Å². The first-order valence-corrected chi connectivity index (χ1v) is 13.0. The Morgan fingerprint density at radius 1 is 1.00 bits per heavy atom. The Morgan fingerprint density at radius 3 is 2.09 bits per heavy atom. The molecule has 0 aromatic heterocycles. The van der Waals surface area contributed by atoms with Gasteiger partial charge in [0.05, 0.1) is 14.3 Å². The molecule has 1 unspecified atom stereocenters. The van der Waals surface area contributed by atoms with Crippen LogP contribution in [-0.2, 0) is 16.0 Å². The van der Waals surface area contributed by atoms with E-state index in [9.17, 15) is 9.90 Å². The second kappa shape index (κ2) is 13.6. The zero-order valence-corrected chi connectivity index (χ0v) is 23.4. The molecule has 8 heteroatoms. The molecule has 176 valence electrons. The summed E-state index contributed by atoms with van der Waals surface area (Å²) in [5.41, 5.74) is 1.06. The van der Waals surface area contributed by atoms with Crippen LogP contribution in [0.1, 0.15) is 26.3 Å². The molecule has 0 radical (unpaired) electrons. The van der Waals surface area contributed by atoms with Crippen molar-refractivity contribution < 1.29 is 19.4 Å². The van der Waals surface area contributed by atoms with Gasteiger partial charge in [-0.1, -0.05) is 20.8 Å². The third kappa shape index (κ3) is 7.74. The summed E-state index contributed by atoms with van der Waals surface area (Å²) in [4.78, 5) is 17.2. The number of methoxy groups -OCH3 is 1. The van der Waals surface area contributed by atoms with Gasteiger partial charge in [-0.2, -0.15) is 0 Å². The summed E-state index contributed by atoms with van der Waals surface area (Å²) in [5.74, 6) is 1.42. The number of benzene rings is 2. The highest BCUT2D eigenvalue weighted by Crippen LogP contribution is 2.34. The Bertz CT molecular complexity index is 850. The normalized spacial score (nSPS) is 12.2. The van der Waals surface area contributed by atoms with Gasteiger partial charge in [0.15, 0.2) is 5.75 Å². The van der Waals surface area contributed by atoms with Crippen LogP contribution in [0.3, 0.4) is 0 Å². The van der Waals surface area contributed by atoms with Gasteiger partial charge in [0.1, 0.15) is 17.5 Å². The summed E-state index contributed by atoms with van der Waals surface area (Å²) >= 11 is 4.53. The number of phenolic OH excluding ortho intramolecular Hbond substituents is 1. The molecule has 0 heterocycles. The number of halogens is 2. The van der Waals surface area contributed by atoms with Crippen molar-refractivity contribution >= 4 is 51.2 Å². The fourth-order valence-electron chi connectivity index (χ4n) is 3.52. The van der Waals surface area contributed by atoms with Gasteiger partial charge in [-0.25, -0.2) is 0 Å². The summed E-state index contributed by atoms with van der Waals surface area (Å²) in [5, 5.41) is 9.48. The predicted molar refractivity (Wildman–Crippen MR) is 145 cm³/mol. The molecule has 0 aliphatic carbocycles. The van der Waals surface area contributed by atoms with Crippen LogP contribution in [0.2, 0.25) is 0 Å². The summed E-state index contributed by atoms with van der Waals surface area (Å²) in [7, 11) is 1.45. The fourth-order valence-corrected chi connectivity index (χ4v) is 5.64. The lowest BCUT2D eigenvalue weighted by Crippen LogP contribution is -2.46. The van der Waals surface area contributed by atoms with E-state index in [1.165, 1.54) is 7.11 Å². The van der Waals surface area contributed by atoms with E-state index in [1.54, 1.807) is 24.3 Å². The largest absolute Gasteiger partial charge is 0.508 e. The molecule has 1 atom stereocenters. The average Bonchev–Trinajstić information content (AvgIpc) is 2.79. The second-order valence-electron chi connectivity index (χ2n) is 7.38. The van der Waals surface area contributed by atoms with Crippen molar-refractivity contribution in [2.24, 2.45) is 0 Å². The minimum absolute atomic E-state index is 0.201. The lowest BCUT2D eigenvalue weighted by molar-refractivity contribution is -0.147. The molecule has 0 aliphatic heterocycles. The third-order valence-corrected chi connectivity index (χ3v) is 7.06. The lowest BCUT2D eigenvalue weighted by Gasteiger charge is -2.31. The number of esters is 1. The number of likely N-dealkylation sites (N-methyl/N-ethyl adjacent to an activating group) is 2. The quantitative estimate of drug-likeness (QED) is 0.250. The summed E-state index contributed by atoms with van der Waals surface area (Å²) in [6.07, 6.45) is 0.574. The highest BCUT2D eigenvalue weighted by molar-refractivity contribution is 14.1. The van der Waals surface area contributed by atoms with E-state index in [-0.39, 0.29) is 17.8 Å². The third-order valence-electron chi connectivity index (χ3n) is 5.46. The summed E-state index contributed by atoms with van der Waals surface area (Å²) < 4.78 is 13.1. The summed E-state index contributed by atoms with van der Waals surface area (Å²) in [6.45, 7) is 10.9. The Hall–Kier alpha value is -1.11. The van der Waals surface area contributed by atoms with E-state index in [1.807, 2.05) is 0 Å². The molecule has 0 amide bonds. The number of aromatic hydroxyl groups is 1. The maximum absolute atomic E-state index is 12.7. The molecule has 1 N–H and O–H groups in total. The standard InChI is InChI=1S/C24H32I2N2O4/c1-5-27(6-2)12-13-28(7-3)22(24(30)31-4)16-17-14-20(25)23(21(26)15-17)32-19-10-8-18(29)9-11-19/h8-11,14-15,22,29H,5-7,12-13,16H2,1-4H3. The number of rotatable bonds is 12. The van der Waals surface area contributed by atoms with Gasteiger partial charge >= 0.3 is 5.97 Å². The lowest BCUT2D eigenvalue weighted by atomic mass is 10.0. The zero-order valence-electron chi connectivity index (χ0n) is 19.1. The maximum atomic E-state index is 12.7. The fraction of sp³-hybridized carbons (Fsp3) is 0.458. The Labute approximate surface area is 218 Å². The predicted octanol–water partition coefficient (Wildman–Crippen LogP) is 5.14. The molecule has 0 bridgehead atoms. The van der Waals surface area contributed by atoms with Crippen molar-refractivity contribution in [3.05, 3.63) is 49.1 Å². The highest BCUT2D eigenvalue weighted by Gasteiger charge is 2.27. The molecular formula is C24H32I2N2O4. The van der Waals surface area contributed by atoms with Crippen LogP contribution in [0.25, 0.3) is 0 Å². The second-order valence-corrected chi connectivity index (χ2v) is 9.71. The molecule has 2 rings (SSSR count). The van der Waals surface area contributed by atoms with Gasteiger partial charge in [-0.15, -0.1) is 0 Å². The molecule has 0 aliphatic rings. The Morgan fingerprint density at radius 2 is 1.59 bits per heavy atom. The molecule has 0 fully saturated rings. The molecule has 2 aromatic carbocycles. The minimum atomic E-state index is -0.337. The Balaban J connectivity index is 2.21. The van der Waals surface area contributed by atoms with Gasteiger partial charge in [-0.3, -0.25) is 9.69 Å². The van der Waals surface area contributed by atoms with Crippen molar-refractivity contribution in [3.63, 3.8) is 0 Å². The van der Waals surface area contributed by atoms with E-state index < -0.39 is 0 Å². The van der Waals surface area contributed by atoms with Gasteiger partial charge in [0.25, 0.3) is 0 Å². The molecule has 0 saturated heterocycles. The van der Waals surface area contributed by atoms with E-state index in [2.05, 4.69) is 87.9 Å². The summed E-state index contributed by atoms with van der Waals surface area (Å²) in [6, 6.07) is 10.5. The van der Waals surface area contributed by atoms with Crippen molar-refractivity contribution in [1.82, 2.24) is 9.80 Å². The van der Waals surface area contributed by atoms with Crippen molar-refractivity contribution in [1.29, 1.82) is 0 Å². The molecule has 0 spiro atoms. The Kier molecular flexibility index (Phi) is 11.5. The average molecular weight is 666 g/mol. The number of nitrogens with zero attached hydrogens (tertiary/aromatic N) is 2. The first kappa shape index (κ1) is 27.1. The smallest absolute Gasteiger partial charge is 0.323 e. The van der Waals surface area contributed by atoms with Crippen LogP contribution in [0.4, 0.5) is 0 Å². The van der Waals surface area contributed by atoms with E-state index in [0.29, 0.717) is 12.2 Å². The first-order valence-electron chi connectivity index (χ1n) is 10.8. The number of ether oxygens (including phenoxy) is 2. The van der Waals surface area contributed by atoms with E-state index >= 15 is 0 Å². The maximum Gasteiger partial charge on any atom is 0.323 e. The molecule has 32 heavy (non-hydrogen) atoms. The van der Waals surface area contributed by atoms with Crippen LogP contribution < -0.4 is 4.74 Å². The van der Waals surface area contributed by atoms with Crippen LogP contribution >= 0.6 is 45.2 Å². The van der Waals surface area contributed by atoms with Crippen LogP contribution in [0.5, 0.6) is 17.2 Å². The highest BCUT2D eigenvalue weighted by atomic mass is 127. The van der Waals surface area contributed by atoms with Crippen LogP contribution in [0, 0.1) is 7.14 Å². The van der Waals surface area contributed by atoms with Crippen molar-refractivity contribution in [2.45, 2.75) is 33.2 Å². The first-order chi connectivity index (χ1) is 15.3. The van der Waals surface area contributed by atoms with Gasteiger partial charge in [0.2, 0.25) is 0 Å². The molecule has 6 nitrogen and oxygen atoms in total. The van der Waals surface area contributed by atoms with Gasteiger partial charge < -0.3 is 19.5 Å². The van der Waals surface area contributed by atoms with Crippen molar-refractivity contribution in [2.75, 3.05) is 39.8 Å². The molecule has 0 saturated carbocycles. The number of carbonyl (C=O) groups excluding carboxylic acids is 1. The molecule has 2 aromatic rings. The monoisotopic (exact) mass is 666 g/mol. The number of carbonyl (C=O) groups is 1. The van der Waals surface area contributed by atoms with E-state index in [0.717, 1.165) is 51.2 Å². The zero-order chi connectivity index (χ0) is 23.7. The van der Waals surface area contributed by atoms with Crippen LogP contribution in [-0.4, -0.2) is 66.8 Å². The SMILES string of the molecule is CCN(CC)CCN(CC)C(Cc1cc(I)c(Oc2ccc(O)cc2)c(I)c1)C(=O)OC. The van der Waals surface area contributed by atoms with Crippen LogP contribution in [0.15, 0.2) is 36.4 Å². The van der Waals surface area contributed by atoms with Gasteiger partial charge in [0, 0.05) is 13.1 Å². The minimum Gasteiger partial charge on any atom is -0.508 e. The topological polar surface area (TPSA) is 62.2 Å². The van der Waals surface area contributed by atoms with Crippen molar-refractivity contribution in [3.8, 4) is 17.2 Å². The number of hydrogen-bond acceptors (Lipinski definition) is 6. The van der Waals surface area contributed by atoms with Gasteiger partial charge in [-0.05, 0) is 113 Å².